The van der Waals surface area contributed by atoms with E-state index >= 15 is 4.57 Å². The molecule has 0 aliphatic heterocycles. The van der Waals surface area contributed by atoms with Gasteiger partial charge in [0.05, 0.1) is 0 Å². The summed E-state index contributed by atoms with van der Waals surface area (Å²) in [7, 11) is -3.47. The van der Waals surface area contributed by atoms with Crippen molar-refractivity contribution >= 4 is 66.1 Å². The molecule has 0 saturated carbocycles. The number of rotatable bonds is 5. The summed E-state index contributed by atoms with van der Waals surface area (Å²) >= 11 is 0. The third-order valence-electron chi connectivity index (χ3n) is 9.63. The quantitative estimate of drug-likeness (QED) is 0.137. The van der Waals surface area contributed by atoms with E-state index in [0.29, 0.717) is 0 Å². The molecule has 0 bridgehead atoms. The fourth-order valence-corrected chi connectivity index (χ4v) is 10.4. The molecule has 0 aromatic heterocycles. The Labute approximate surface area is 280 Å². The molecule has 0 unspecified atom stereocenters. The van der Waals surface area contributed by atoms with E-state index in [9.17, 15) is 0 Å². The Balaban J connectivity index is 1.52. The van der Waals surface area contributed by atoms with E-state index in [0.717, 1.165) is 65.1 Å². The average molecular weight is 631 g/mol. The van der Waals surface area contributed by atoms with Crippen molar-refractivity contribution in [2.24, 2.45) is 0 Å². The molecule has 0 aliphatic carbocycles. The van der Waals surface area contributed by atoms with E-state index in [1.165, 1.54) is 16.2 Å². The van der Waals surface area contributed by atoms with Crippen LogP contribution in [-0.2, 0) is 4.57 Å². The average Bonchev–Trinajstić information content (AvgIpc) is 3.16. The van der Waals surface area contributed by atoms with Gasteiger partial charge >= 0.3 is 0 Å². The molecule has 0 saturated heterocycles. The van der Waals surface area contributed by atoms with Crippen LogP contribution in [0.25, 0.3) is 65.3 Å². The molecule has 48 heavy (non-hydrogen) atoms. The van der Waals surface area contributed by atoms with Gasteiger partial charge in [-0.05, 0) is 90.1 Å². The number of fused-ring (bicyclic) bond motifs is 4. The molecule has 0 spiro atoms. The van der Waals surface area contributed by atoms with Gasteiger partial charge in [0.2, 0.25) is 0 Å². The smallest absolute Gasteiger partial charge is 0.172 e. The molecule has 0 atom stereocenters. The third-order valence-corrected chi connectivity index (χ3v) is 12.8. The second-order valence-corrected chi connectivity index (χ2v) is 15.2. The van der Waals surface area contributed by atoms with Crippen LogP contribution < -0.4 is 15.9 Å². The molecule has 1 nitrogen and oxygen atoms in total. The normalized spacial score (nSPS) is 11.8. The van der Waals surface area contributed by atoms with E-state index in [4.69, 9.17) is 0 Å². The standard InChI is InChI=1S/C46H31OP/c47-48(41-19-3-1-4-20-41,42-21-5-2-6-22-42)46-44(38-25-23-32-13-7-9-15-34(32)27-38)31-40-29-36-17-11-12-18-37(36)30-43(40)45(46)39-26-24-33-14-8-10-16-35(33)28-39/h1-31H. The Morgan fingerprint density at radius 2 is 0.771 bits per heavy atom. The fourth-order valence-electron chi connectivity index (χ4n) is 7.30. The zero-order valence-corrected chi connectivity index (χ0v) is 27.1. The van der Waals surface area contributed by atoms with Crippen molar-refractivity contribution in [3.8, 4) is 22.3 Å². The van der Waals surface area contributed by atoms with Gasteiger partial charge in [-0.15, -0.1) is 0 Å². The molecule has 0 fully saturated rings. The highest BCUT2D eigenvalue weighted by Gasteiger charge is 2.36. The molecular formula is C46H31OP. The van der Waals surface area contributed by atoms with Crippen molar-refractivity contribution in [1.29, 1.82) is 0 Å². The number of benzene rings is 9. The predicted molar refractivity (Wildman–Crippen MR) is 207 cm³/mol. The molecule has 2 heteroatoms. The lowest BCUT2D eigenvalue weighted by Gasteiger charge is -2.28. The highest BCUT2D eigenvalue weighted by molar-refractivity contribution is 7.85. The van der Waals surface area contributed by atoms with Gasteiger partial charge in [-0.3, -0.25) is 0 Å². The van der Waals surface area contributed by atoms with Gasteiger partial charge in [-0.25, -0.2) is 0 Å². The van der Waals surface area contributed by atoms with Crippen molar-refractivity contribution in [2.45, 2.75) is 0 Å². The molecular weight excluding hydrogens is 599 g/mol. The molecule has 0 radical (unpaired) electrons. The van der Waals surface area contributed by atoms with E-state index in [1.807, 2.05) is 60.7 Å². The fraction of sp³-hybridized carbons (Fsp3) is 0. The minimum absolute atomic E-state index is 0.820. The van der Waals surface area contributed by atoms with Gasteiger partial charge in [0, 0.05) is 21.5 Å². The highest BCUT2D eigenvalue weighted by atomic mass is 31.2. The van der Waals surface area contributed by atoms with Gasteiger partial charge in [0.15, 0.2) is 7.14 Å². The van der Waals surface area contributed by atoms with E-state index in [-0.39, 0.29) is 0 Å². The summed E-state index contributed by atoms with van der Waals surface area (Å²) in [6.07, 6.45) is 0. The third kappa shape index (κ3) is 4.67. The summed E-state index contributed by atoms with van der Waals surface area (Å²) in [5.41, 5.74) is 4.11. The van der Waals surface area contributed by atoms with E-state index < -0.39 is 7.14 Å². The predicted octanol–water partition coefficient (Wildman–Crippen LogP) is 11.3. The first-order valence-electron chi connectivity index (χ1n) is 16.4. The van der Waals surface area contributed by atoms with Gasteiger partial charge in [-0.2, -0.15) is 0 Å². The van der Waals surface area contributed by atoms with Gasteiger partial charge in [-0.1, -0.05) is 158 Å². The minimum atomic E-state index is -3.47. The van der Waals surface area contributed by atoms with Crippen LogP contribution in [0.15, 0.2) is 188 Å². The van der Waals surface area contributed by atoms with Crippen LogP contribution in [0, 0.1) is 0 Å². The summed E-state index contributed by atoms with van der Waals surface area (Å²) in [4.78, 5) is 0. The second-order valence-electron chi connectivity index (χ2n) is 12.5. The molecule has 0 heterocycles. The lowest BCUT2D eigenvalue weighted by molar-refractivity contribution is 0.592. The van der Waals surface area contributed by atoms with Crippen molar-refractivity contribution in [1.82, 2.24) is 0 Å². The Morgan fingerprint density at radius 1 is 0.333 bits per heavy atom. The van der Waals surface area contributed by atoms with Gasteiger partial charge < -0.3 is 4.57 Å². The van der Waals surface area contributed by atoms with E-state index in [1.54, 1.807) is 0 Å². The zero-order chi connectivity index (χ0) is 32.1. The van der Waals surface area contributed by atoms with Crippen LogP contribution >= 0.6 is 7.14 Å². The molecule has 0 N–H and O–H groups in total. The lowest BCUT2D eigenvalue weighted by Crippen LogP contribution is -2.28. The first-order chi connectivity index (χ1) is 23.7. The van der Waals surface area contributed by atoms with Crippen LogP contribution in [0.1, 0.15) is 0 Å². The maximum absolute atomic E-state index is 16.6. The summed E-state index contributed by atoms with van der Waals surface area (Å²) in [6.45, 7) is 0. The Hall–Kier alpha value is -5.75. The van der Waals surface area contributed by atoms with Crippen LogP contribution in [-0.4, -0.2) is 0 Å². The molecule has 0 aliphatic rings. The maximum Gasteiger partial charge on any atom is 0.172 e. The van der Waals surface area contributed by atoms with Crippen LogP contribution in [0.3, 0.4) is 0 Å². The first kappa shape index (κ1) is 28.5. The maximum atomic E-state index is 16.6. The van der Waals surface area contributed by atoms with Crippen molar-refractivity contribution in [3.63, 3.8) is 0 Å². The lowest BCUT2D eigenvalue weighted by atomic mass is 9.90. The SMILES string of the molecule is O=P(c1ccccc1)(c1ccccc1)c1c(-c2ccc3ccccc3c2)cc2cc3ccccc3cc2c1-c1ccc2ccccc2c1. The molecule has 9 aromatic carbocycles. The summed E-state index contributed by atoms with van der Waals surface area (Å²) in [5.74, 6) is 0. The Bertz CT molecular complexity index is 2650. The molecule has 226 valence electrons. The second kappa shape index (κ2) is 11.5. The van der Waals surface area contributed by atoms with Crippen LogP contribution in [0.2, 0.25) is 0 Å². The topological polar surface area (TPSA) is 17.1 Å². The van der Waals surface area contributed by atoms with Gasteiger partial charge in [0.1, 0.15) is 0 Å². The van der Waals surface area contributed by atoms with Crippen LogP contribution in [0.4, 0.5) is 0 Å². The minimum Gasteiger partial charge on any atom is -0.309 e. The van der Waals surface area contributed by atoms with Crippen LogP contribution in [0.5, 0.6) is 0 Å². The Kier molecular flexibility index (Phi) is 6.82. The van der Waals surface area contributed by atoms with Crippen molar-refractivity contribution in [2.75, 3.05) is 0 Å². The largest absolute Gasteiger partial charge is 0.309 e. The summed E-state index contributed by atoms with van der Waals surface area (Å²) in [6, 6.07) is 65.8. The monoisotopic (exact) mass is 630 g/mol. The number of hydrogen-bond donors (Lipinski definition) is 0. The number of hydrogen-bond acceptors (Lipinski definition) is 1. The zero-order valence-electron chi connectivity index (χ0n) is 26.3. The van der Waals surface area contributed by atoms with Crippen molar-refractivity contribution in [3.05, 3.63) is 188 Å². The summed E-state index contributed by atoms with van der Waals surface area (Å²) < 4.78 is 16.6. The first-order valence-corrected chi connectivity index (χ1v) is 18.1. The van der Waals surface area contributed by atoms with Gasteiger partial charge in [0.25, 0.3) is 0 Å². The molecule has 0 amide bonds. The van der Waals surface area contributed by atoms with E-state index in [2.05, 4.69) is 127 Å². The highest BCUT2D eigenvalue weighted by Crippen LogP contribution is 2.51. The summed E-state index contributed by atoms with van der Waals surface area (Å²) in [5, 5.41) is 11.7. The molecule has 9 rings (SSSR count). The Morgan fingerprint density at radius 3 is 1.33 bits per heavy atom. The van der Waals surface area contributed by atoms with Crippen molar-refractivity contribution < 1.29 is 4.57 Å². The molecule has 9 aromatic rings.